The van der Waals surface area contributed by atoms with Crippen LogP contribution in [0, 0.1) is 0 Å². The number of aromatic nitrogens is 1. The van der Waals surface area contributed by atoms with Gasteiger partial charge in [-0.25, -0.2) is 0 Å². The molecular weight excluding hydrogens is 546 g/mol. The van der Waals surface area contributed by atoms with Crippen LogP contribution in [0.3, 0.4) is 0 Å². The van der Waals surface area contributed by atoms with E-state index < -0.39 is 0 Å². The molecule has 8 aromatic carbocycles. The van der Waals surface area contributed by atoms with Crippen LogP contribution in [-0.4, -0.2) is 4.40 Å². The van der Waals surface area contributed by atoms with Crippen LogP contribution < -0.4 is 5.56 Å². The summed E-state index contributed by atoms with van der Waals surface area (Å²) in [5.74, 6) is 0. The van der Waals surface area contributed by atoms with Gasteiger partial charge in [-0.15, -0.1) is 0 Å². The molecule has 2 heteroatoms. The highest BCUT2D eigenvalue weighted by Gasteiger charge is 2.17. The average molecular weight is 572 g/mol. The molecule has 0 aliphatic carbocycles. The Morgan fingerprint density at radius 1 is 0.311 bits per heavy atom. The van der Waals surface area contributed by atoms with Crippen molar-refractivity contribution < 1.29 is 0 Å². The largest absolute Gasteiger partial charge is 0.275 e. The molecule has 0 aliphatic rings. The van der Waals surface area contributed by atoms with Crippen LogP contribution in [0.5, 0.6) is 0 Å². The minimum atomic E-state index is 0.0376. The molecule has 0 fully saturated rings. The number of benzene rings is 8. The Kier molecular flexibility index (Phi) is 4.90. The second-order valence-electron chi connectivity index (χ2n) is 12.1. The lowest BCUT2D eigenvalue weighted by Crippen LogP contribution is -2.12. The predicted molar refractivity (Wildman–Crippen MR) is 191 cm³/mol. The Bertz CT molecular complexity index is 2860. The zero-order valence-electron chi connectivity index (χ0n) is 24.3. The molecule has 2 heterocycles. The topological polar surface area (TPSA) is 21.5 Å². The Labute approximate surface area is 258 Å². The van der Waals surface area contributed by atoms with Gasteiger partial charge in [0.1, 0.15) is 0 Å². The molecule has 0 unspecified atom stereocenters. The van der Waals surface area contributed by atoms with Gasteiger partial charge in [-0.3, -0.25) is 9.20 Å². The van der Waals surface area contributed by atoms with Gasteiger partial charge in [0.25, 0.3) is 5.56 Å². The van der Waals surface area contributed by atoms with Crippen molar-refractivity contribution in [3.63, 3.8) is 0 Å². The molecule has 0 amide bonds. The average Bonchev–Trinajstić information content (AvgIpc) is 3.45. The van der Waals surface area contributed by atoms with Crippen molar-refractivity contribution in [3.05, 3.63) is 162 Å². The fourth-order valence-electron chi connectivity index (χ4n) is 7.67. The van der Waals surface area contributed by atoms with Gasteiger partial charge in [0.15, 0.2) is 0 Å². The second-order valence-corrected chi connectivity index (χ2v) is 12.1. The van der Waals surface area contributed by atoms with Gasteiger partial charge in [-0.05, 0) is 90.3 Å². The third-order valence-electron chi connectivity index (χ3n) is 9.71. The highest BCUT2D eigenvalue weighted by Crippen LogP contribution is 2.39. The highest BCUT2D eigenvalue weighted by atomic mass is 16.1. The van der Waals surface area contributed by atoms with E-state index in [-0.39, 0.29) is 5.56 Å². The van der Waals surface area contributed by atoms with Crippen molar-refractivity contribution >= 4 is 70.3 Å². The van der Waals surface area contributed by atoms with E-state index in [1.54, 1.807) is 0 Å². The third-order valence-corrected chi connectivity index (χ3v) is 9.71. The third kappa shape index (κ3) is 3.37. The molecule has 0 radical (unpaired) electrons. The van der Waals surface area contributed by atoms with E-state index in [0.717, 1.165) is 49.1 Å². The van der Waals surface area contributed by atoms with E-state index in [1.165, 1.54) is 43.4 Å². The lowest BCUT2D eigenvalue weighted by Gasteiger charge is -2.12. The first-order chi connectivity index (χ1) is 22.2. The number of nitrogens with zero attached hydrogens (tertiary/aromatic N) is 1. The molecule has 10 aromatic rings. The summed E-state index contributed by atoms with van der Waals surface area (Å²) in [4.78, 5) is 13.7. The standard InChI is InChI=1S/C43H25NO/c45-43-38-16-6-5-15-34(38)36-17-8-18-37-40-25-29(20-22-41(40)44(43)42(36)37)27-10-7-9-26(23-27)28-19-21-35-32-13-2-1-11-30(32)31-12-3-4-14-33(31)39(35)24-28/h1-25H. The monoisotopic (exact) mass is 571 g/mol. The summed E-state index contributed by atoms with van der Waals surface area (Å²) in [6.45, 7) is 0. The quantitative estimate of drug-likeness (QED) is 0.189. The maximum Gasteiger partial charge on any atom is 0.263 e. The fourth-order valence-corrected chi connectivity index (χ4v) is 7.67. The fraction of sp³-hybridized carbons (Fsp3) is 0. The molecule has 0 bridgehead atoms. The Hall–Kier alpha value is -5.99. The van der Waals surface area contributed by atoms with Gasteiger partial charge in [0, 0.05) is 21.5 Å². The van der Waals surface area contributed by atoms with Crippen LogP contribution >= 0.6 is 0 Å². The molecule has 0 atom stereocenters. The van der Waals surface area contributed by atoms with E-state index in [9.17, 15) is 4.79 Å². The zero-order valence-corrected chi connectivity index (χ0v) is 24.3. The minimum absolute atomic E-state index is 0.0376. The summed E-state index contributed by atoms with van der Waals surface area (Å²) in [6.07, 6.45) is 0. The Morgan fingerprint density at radius 3 is 1.38 bits per heavy atom. The van der Waals surface area contributed by atoms with Gasteiger partial charge in [-0.2, -0.15) is 0 Å². The van der Waals surface area contributed by atoms with Crippen LogP contribution in [-0.2, 0) is 0 Å². The maximum atomic E-state index is 13.7. The summed E-state index contributed by atoms with van der Waals surface area (Å²) >= 11 is 0. The minimum Gasteiger partial charge on any atom is -0.275 e. The summed E-state index contributed by atoms with van der Waals surface area (Å²) in [5, 5.41) is 12.8. The number of rotatable bonds is 2. The molecule has 2 nitrogen and oxygen atoms in total. The molecule has 0 aliphatic heterocycles. The van der Waals surface area contributed by atoms with Crippen molar-refractivity contribution in [3.8, 4) is 22.3 Å². The molecule has 0 N–H and O–H groups in total. The molecule has 208 valence electrons. The van der Waals surface area contributed by atoms with Gasteiger partial charge in [0.2, 0.25) is 0 Å². The number of pyridine rings is 1. The normalized spacial score (nSPS) is 12.1. The van der Waals surface area contributed by atoms with Gasteiger partial charge in [0.05, 0.1) is 11.0 Å². The molecule has 0 spiro atoms. The second kappa shape index (κ2) is 9.01. The van der Waals surface area contributed by atoms with Crippen LogP contribution in [0.2, 0.25) is 0 Å². The summed E-state index contributed by atoms with van der Waals surface area (Å²) in [5.41, 5.74) is 6.65. The van der Waals surface area contributed by atoms with E-state index in [1.807, 2.05) is 22.6 Å². The smallest absolute Gasteiger partial charge is 0.263 e. The van der Waals surface area contributed by atoms with Crippen molar-refractivity contribution in [2.45, 2.75) is 0 Å². The molecule has 10 rings (SSSR count). The summed E-state index contributed by atoms with van der Waals surface area (Å²) in [6, 6.07) is 53.9. The number of para-hydroxylation sites is 1. The first kappa shape index (κ1) is 24.5. The number of fused-ring (bicyclic) bond motifs is 11. The van der Waals surface area contributed by atoms with Crippen LogP contribution in [0.4, 0.5) is 0 Å². The van der Waals surface area contributed by atoms with Gasteiger partial charge < -0.3 is 0 Å². The summed E-state index contributed by atoms with van der Waals surface area (Å²) in [7, 11) is 0. The zero-order chi connectivity index (χ0) is 29.6. The van der Waals surface area contributed by atoms with Crippen LogP contribution in [0.1, 0.15) is 0 Å². The van der Waals surface area contributed by atoms with Crippen LogP contribution in [0.25, 0.3) is 92.5 Å². The van der Waals surface area contributed by atoms with E-state index in [4.69, 9.17) is 0 Å². The number of hydrogen-bond donors (Lipinski definition) is 0. The predicted octanol–water partition coefficient (Wildman–Crippen LogP) is 11.0. The highest BCUT2D eigenvalue weighted by molar-refractivity contribution is 6.26. The molecule has 0 saturated heterocycles. The maximum absolute atomic E-state index is 13.7. The van der Waals surface area contributed by atoms with E-state index >= 15 is 0 Å². The number of hydrogen-bond acceptors (Lipinski definition) is 1. The van der Waals surface area contributed by atoms with E-state index in [2.05, 4.69) is 133 Å². The van der Waals surface area contributed by atoms with Crippen molar-refractivity contribution in [1.29, 1.82) is 0 Å². The molecular formula is C43H25NO. The first-order valence-electron chi connectivity index (χ1n) is 15.4. The molecule has 45 heavy (non-hydrogen) atoms. The molecule has 0 saturated carbocycles. The van der Waals surface area contributed by atoms with Crippen molar-refractivity contribution in [2.24, 2.45) is 0 Å². The lowest BCUT2D eigenvalue weighted by molar-refractivity contribution is 1.21. The van der Waals surface area contributed by atoms with Gasteiger partial charge >= 0.3 is 0 Å². The first-order valence-corrected chi connectivity index (χ1v) is 15.4. The Morgan fingerprint density at radius 2 is 0.733 bits per heavy atom. The lowest BCUT2D eigenvalue weighted by atomic mass is 9.91. The van der Waals surface area contributed by atoms with Gasteiger partial charge in [-0.1, -0.05) is 121 Å². The van der Waals surface area contributed by atoms with Crippen LogP contribution in [0.15, 0.2) is 156 Å². The molecule has 2 aromatic heterocycles. The van der Waals surface area contributed by atoms with Crippen molar-refractivity contribution in [2.75, 3.05) is 0 Å². The SMILES string of the molecule is O=c1c2ccccc2c2cccc3c4cc(-c5cccc(-c6ccc7c8ccccc8c8ccccc8c7c6)c5)ccc4n1c23. The Balaban J connectivity index is 1.17. The summed E-state index contributed by atoms with van der Waals surface area (Å²) < 4.78 is 1.91. The van der Waals surface area contributed by atoms with Crippen molar-refractivity contribution in [1.82, 2.24) is 4.40 Å². The van der Waals surface area contributed by atoms with E-state index in [0.29, 0.717) is 0 Å².